The van der Waals surface area contributed by atoms with E-state index in [1.165, 1.54) is 0 Å². The summed E-state index contributed by atoms with van der Waals surface area (Å²) in [6.07, 6.45) is 3.58. The van der Waals surface area contributed by atoms with Crippen LogP contribution in [0.2, 0.25) is 0 Å². The Kier molecular flexibility index (Phi) is 3.02. The second-order valence-electron chi connectivity index (χ2n) is 7.00. The lowest BCUT2D eigenvalue weighted by Gasteiger charge is -2.49. The van der Waals surface area contributed by atoms with Gasteiger partial charge >= 0.3 is 0 Å². The molecule has 2 bridgehead atoms. The first-order valence-electron chi connectivity index (χ1n) is 8.32. The van der Waals surface area contributed by atoms with Gasteiger partial charge in [0.2, 0.25) is 0 Å². The molecule has 1 fully saturated rings. The molecular weight excluding hydrogens is 280 g/mol. The molecule has 4 rings (SSSR count). The lowest BCUT2D eigenvalue weighted by molar-refractivity contribution is -0.134. The summed E-state index contributed by atoms with van der Waals surface area (Å²) in [5.74, 6) is 0.760. The number of fused-ring (bicyclic) bond motifs is 1. The largest absolute Gasteiger partial charge is 0.504 e. The number of aliphatic hydroxyl groups is 1. The number of hydrogen-bond donors (Lipinski definition) is 2. The van der Waals surface area contributed by atoms with Crippen LogP contribution in [0.1, 0.15) is 50.2 Å². The molecule has 4 atom stereocenters. The van der Waals surface area contributed by atoms with E-state index in [2.05, 4.69) is 0 Å². The highest BCUT2D eigenvalue weighted by Gasteiger charge is 2.62. The van der Waals surface area contributed by atoms with E-state index in [1.807, 2.05) is 13.0 Å². The summed E-state index contributed by atoms with van der Waals surface area (Å²) in [7, 11) is 0. The molecule has 1 spiro atoms. The van der Waals surface area contributed by atoms with Crippen LogP contribution in [0.4, 0.5) is 0 Å². The quantitative estimate of drug-likeness (QED) is 0.900. The maximum Gasteiger partial charge on any atom is 0.174 e. The molecule has 118 valence electrons. The molecule has 0 radical (unpaired) electrons. The van der Waals surface area contributed by atoms with Gasteiger partial charge in [-0.25, -0.2) is 0 Å². The first-order valence-corrected chi connectivity index (χ1v) is 8.32. The minimum absolute atomic E-state index is 0.0469. The molecule has 4 unspecified atom stereocenters. The predicted octanol–water partition coefficient (Wildman–Crippen LogP) is 2.48. The smallest absolute Gasteiger partial charge is 0.174 e. The maximum atomic E-state index is 12.7. The highest BCUT2D eigenvalue weighted by molar-refractivity contribution is 5.87. The van der Waals surface area contributed by atoms with Gasteiger partial charge in [-0.05, 0) is 43.2 Å². The summed E-state index contributed by atoms with van der Waals surface area (Å²) in [6, 6.07) is 3.59. The average molecular weight is 302 g/mol. The van der Waals surface area contributed by atoms with Crippen molar-refractivity contribution in [2.45, 2.75) is 63.1 Å². The average Bonchev–Trinajstić information content (AvgIpc) is 2.82. The molecule has 1 heterocycles. The number of aromatic hydroxyl groups is 1. The minimum Gasteiger partial charge on any atom is -0.504 e. The van der Waals surface area contributed by atoms with Gasteiger partial charge < -0.3 is 14.9 Å². The Labute approximate surface area is 130 Å². The van der Waals surface area contributed by atoms with Crippen molar-refractivity contribution in [3.05, 3.63) is 23.3 Å². The molecule has 0 saturated heterocycles. The molecule has 1 aromatic carbocycles. The molecule has 2 N–H and O–H groups in total. The van der Waals surface area contributed by atoms with Gasteiger partial charge in [-0.1, -0.05) is 19.4 Å². The van der Waals surface area contributed by atoms with Crippen molar-refractivity contribution in [2.75, 3.05) is 0 Å². The zero-order chi connectivity index (χ0) is 15.5. The number of phenols is 1. The Bertz CT molecular complexity index is 638. The molecule has 3 aliphatic rings. The number of rotatable bonds is 3. The lowest BCUT2D eigenvalue weighted by Crippen LogP contribution is -2.58. The maximum absolute atomic E-state index is 12.7. The van der Waals surface area contributed by atoms with Crippen LogP contribution in [0.3, 0.4) is 0 Å². The standard InChI is InChI=1S/C18H22O4/c1-2-4-13(20)17-18-8-3-5-11(16(18)21)9-10-6-7-12(19)15(22-17)14(10)18/h6-7,11,16-17,19,21H,2-5,8-9H2,1H3. The zero-order valence-corrected chi connectivity index (χ0v) is 12.8. The number of ether oxygens (including phenoxy) is 1. The molecule has 1 aromatic rings. The molecule has 2 aliphatic carbocycles. The van der Waals surface area contributed by atoms with E-state index in [4.69, 9.17) is 4.74 Å². The Morgan fingerprint density at radius 3 is 3.05 bits per heavy atom. The highest BCUT2D eigenvalue weighted by atomic mass is 16.5. The van der Waals surface area contributed by atoms with Crippen molar-refractivity contribution in [1.82, 2.24) is 0 Å². The number of aliphatic hydroxyl groups excluding tert-OH is 1. The van der Waals surface area contributed by atoms with E-state index >= 15 is 0 Å². The second kappa shape index (κ2) is 4.72. The Morgan fingerprint density at radius 2 is 2.27 bits per heavy atom. The molecule has 1 aliphatic heterocycles. The first-order chi connectivity index (χ1) is 10.6. The van der Waals surface area contributed by atoms with Crippen molar-refractivity contribution >= 4 is 5.78 Å². The van der Waals surface area contributed by atoms with E-state index in [9.17, 15) is 15.0 Å². The lowest BCUT2D eigenvalue weighted by atomic mass is 9.55. The molecule has 0 amide bonds. The molecule has 0 aromatic heterocycles. The summed E-state index contributed by atoms with van der Waals surface area (Å²) < 4.78 is 5.96. The van der Waals surface area contributed by atoms with E-state index in [0.29, 0.717) is 12.2 Å². The van der Waals surface area contributed by atoms with Crippen LogP contribution in [0.25, 0.3) is 0 Å². The number of carbonyl (C=O) groups is 1. The minimum atomic E-state index is -0.646. The summed E-state index contributed by atoms with van der Waals surface area (Å²) in [6.45, 7) is 1.97. The topological polar surface area (TPSA) is 66.8 Å². The molecule has 22 heavy (non-hydrogen) atoms. The van der Waals surface area contributed by atoms with Gasteiger partial charge in [-0.2, -0.15) is 0 Å². The summed E-state index contributed by atoms with van der Waals surface area (Å²) in [4.78, 5) is 12.7. The van der Waals surface area contributed by atoms with Gasteiger partial charge in [0, 0.05) is 12.0 Å². The van der Waals surface area contributed by atoms with Gasteiger partial charge in [0.1, 0.15) is 0 Å². The molecule has 1 saturated carbocycles. The third kappa shape index (κ3) is 1.59. The number of carbonyl (C=O) groups excluding carboxylic acids is 1. The summed E-state index contributed by atoms with van der Waals surface area (Å²) in [5.41, 5.74) is 1.40. The third-order valence-electron chi connectivity index (χ3n) is 5.80. The highest BCUT2D eigenvalue weighted by Crippen LogP contribution is 2.60. The van der Waals surface area contributed by atoms with Crippen LogP contribution in [0.5, 0.6) is 11.5 Å². The Morgan fingerprint density at radius 1 is 1.45 bits per heavy atom. The van der Waals surface area contributed by atoms with Crippen molar-refractivity contribution in [3.63, 3.8) is 0 Å². The fraction of sp³-hybridized carbons (Fsp3) is 0.611. The van der Waals surface area contributed by atoms with E-state index < -0.39 is 17.6 Å². The SMILES string of the molecule is CCCC(=O)C1Oc2c(O)ccc3c2C12CCCC(C3)C2O. The normalized spacial score (nSPS) is 34.9. The van der Waals surface area contributed by atoms with Crippen LogP contribution in [-0.2, 0) is 16.6 Å². The van der Waals surface area contributed by atoms with Gasteiger partial charge in [0.15, 0.2) is 23.4 Å². The second-order valence-corrected chi connectivity index (χ2v) is 7.00. The number of benzene rings is 1. The van der Waals surface area contributed by atoms with Crippen LogP contribution < -0.4 is 4.74 Å². The number of phenolic OH excluding ortho intramolecular Hbond substituents is 1. The van der Waals surface area contributed by atoms with Gasteiger partial charge in [0.05, 0.1) is 11.5 Å². The van der Waals surface area contributed by atoms with E-state index in [1.54, 1.807) is 6.07 Å². The summed E-state index contributed by atoms with van der Waals surface area (Å²) >= 11 is 0. The number of Topliss-reactive ketones (excluding diaryl/α,β-unsaturated/α-hetero) is 1. The first kappa shape index (κ1) is 14.1. The van der Waals surface area contributed by atoms with Crippen molar-refractivity contribution in [3.8, 4) is 11.5 Å². The fourth-order valence-electron chi connectivity index (χ4n) is 4.94. The van der Waals surface area contributed by atoms with Gasteiger partial charge in [-0.3, -0.25) is 4.79 Å². The van der Waals surface area contributed by atoms with Crippen LogP contribution in [-0.4, -0.2) is 28.2 Å². The van der Waals surface area contributed by atoms with Crippen molar-refractivity contribution in [1.29, 1.82) is 0 Å². The predicted molar refractivity (Wildman–Crippen MR) is 81.2 cm³/mol. The molecule has 4 nitrogen and oxygen atoms in total. The van der Waals surface area contributed by atoms with Gasteiger partial charge in [0.25, 0.3) is 0 Å². The van der Waals surface area contributed by atoms with Crippen molar-refractivity contribution < 1.29 is 19.7 Å². The Balaban J connectivity index is 1.92. The summed E-state index contributed by atoms with van der Waals surface area (Å²) in [5, 5.41) is 21.2. The van der Waals surface area contributed by atoms with Crippen LogP contribution in [0, 0.1) is 5.92 Å². The third-order valence-corrected chi connectivity index (χ3v) is 5.80. The van der Waals surface area contributed by atoms with Crippen LogP contribution in [0.15, 0.2) is 12.1 Å². The van der Waals surface area contributed by atoms with Crippen molar-refractivity contribution in [2.24, 2.45) is 5.92 Å². The Hall–Kier alpha value is -1.55. The van der Waals surface area contributed by atoms with Gasteiger partial charge in [-0.15, -0.1) is 0 Å². The molecule has 4 heteroatoms. The number of ketones is 1. The number of hydrogen-bond acceptors (Lipinski definition) is 4. The van der Waals surface area contributed by atoms with E-state index in [0.717, 1.165) is 43.2 Å². The molecular formula is C18H22O4. The fourth-order valence-corrected chi connectivity index (χ4v) is 4.94. The van der Waals surface area contributed by atoms with Crippen LogP contribution >= 0.6 is 0 Å². The van der Waals surface area contributed by atoms with E-state index in [-0.39, 0.29) is 17.5 Å². The monoisotopic (exact) mass is 302 g/mol. The zero-order valence-electron chi connectivity index (χ0n) is 12.8.